The van der Waals surface area contributed by atoms with Gasteiger partial charge in [-0.1, -0.05) is 0 Å². The lowest BCUT2D eigenvalue weighted by Gasteiger charge is -2.25. The lowest BCUT2D eigenvalue weighted by Crippen LogP contribution is -2.39. The van der Waals surface area contributed by atoms with Crippen LogP contribution < -0.4 is 5.32 Å². The van der Waals surface area contributed by atoms with E-state index in [0.29, 0.717) is 6.04 Å². The van der Waals surface area contributed by atoms with Gasteiger partial charge in [0.15, 0.2) is 0 Å². The van der Waals surface area contributed by atoms with Crippen molar-refractivity contribution in [2.75, 3.05) is 39.9 Å². The maximum Gasteiger partial charge on any atom is 0.0589 e. The van der Waals surface area contributed by atoms with Crippen molar-refractivity contribution in [3.63, 3.8) is 0 Å². The lowest BCUT2D eigenvalue weighted by atomic mass is 10.2. The van der Waals surface area contributed by atoms with Gasteiger partial charge in [-0.25, -0.2) is 0 Å². The number of nitrogens with one attached hydrogen (secondary N) is 1. The van der Waals surface area contributed by atoms with Gasteiger partial charge in [-0.05, 0) is 32.4 Å². The first kappa shape index (κ1) is 13.5. The molecule has 16 heavy (non-hydrogen) atoms. The van der Waals surface area contributed by atoms with Crippen LogP contribution in [0.15, 0.2) is 0 Å². The third-order valence-electron chi connectivity index (χ3n) is 3.05. The number of hydrogen-bond acceptors (Lipinski definition) is 3. The van der Waals surface area contributed by atoms with Gasteiger partial charge in [0.1, 0.15) is 0 Å². The SMILES string of the molecule is C#CCCCN(CCOC)CC1CCCN1. The quantitative estimate of drug-likeness (QED) is 0.493. The number of methoxy groups -OCH3 is 1. The van der Waals surface area contributed by atoms with Crippen LogP contribution in [0.2, 0.25) is 0 Å². The van der Waals surface area contributed by atoms with E-state index in [-0.39, 0.29) is 0 Å². The Hall–Kier alpha value is -0.560. The van der Waals surface area contributed by atoms with Crippen molar-refractivity contribution in [1.29, 1.82) is 0 Å². The molecule has 1 unspecified atom stereocenters. The number of unbranched alkanes of at least 4 members (excludes halogenated alkanes) is 1. The predicted molar refractivity (Wildman–Crippen MR) is 67.4 cm³/mol. The van der Waals surface area contributed by atoms with Crippen LogP contribution in [0.5, 0.6) is 0 Å². The van der Waals surface area contributed by atoms with Crippen molar-refractivity contribution in [3.8, 4) is 12.3 Å². The fraction of sp³-hybridized carbons (Fsp3) is 0.846. The minimum absolute atomic E-state index is 0.669. The molecule has 92 valence electrons. The van der Waals surface area contributed by atoms with Gasteiger partial charge in [-0.3, -0.25) is 4.90 Å². The zero-order valence-electron chi connectivity index (χ0n) is 10.4. The predicted octanol–water partition coefficient (Wildman–Crippen LogP) is 1.10. The summed E-state index contributed by atoms with van der Waals surface area (Å²) in [4.78, 5) is 2.46. The van der Waals surface area contributed by atoms with Crippen molar-refractivity contribution in [3.05, 3.63) is 0 Å². The van der Waals surface area contributed by atoms with E-state index < -0.39 is 0 Å². The molecule has 1 N–H and O–H groups in total. The van der Waals surface area contributed by atoms with Gasteiger partial charge in [0, 0.05) is 32.7 Å². The summed E-state index contributed by atoms with van der Waals surface area (Å²) in [5, 5.41) is 3.53. The highest BCUT2D eigenvalue weighted by molar-refractivity contribution is 4.84. The van der Waals surface area contributed by atoms with E-state index in [9.17, 15) is 0 Å². The largest absolute Gasteiger partial charge is 0.383 e. The van der Waals surface area contributed by atoms with Crippen molar-refractivity contribution >= 4 is 0 Å². The molecule has 0 amide bonds. The van der Waals surface area contributed by atoms with Crippen molar-refractivity contribution in [2.45, 2.75) is 31.7 Å². The molecule has 1 rings (SSSR count). The van der Waals surface area contributed by atoms with Gasteiger partial charge in [-0.15, -0.1) is 12.3 Å². The Morgan fingerprint density at radius 1 is 1.50 bits per heavy atom. The molecule has 0 aromatic heterocycles. The van der Waals surface area contributed by atoms with Crippen LogP contribution in [0.1, 0.15) is 25.7 Å². The van der Waals surface area contributed by atoms with Gasteiger partial charge >= 0.3 is 0 Å². The Bertz CT molecular complexity index is 206. The molecule has 0 aromatic rings. The molecule has 1 atom stereocenters. The van der Waals surface area contributed by atoms with E-state index in [1.54, 1.807) is 7.11 Å². The van der Waals surface area contributed by atoms with Gasteiger partial charge in [0.2, 0.25) is 0 Å². The maximum absolute atomic E-state index is 5.27. The van der Waals surface area contributed by atoms with Crippen LogP contribution in [0, 0.1) is 12.3 Å². The van der Waals surface area contributed by atoms with Gasteiger partial charge in [-0.2, -0.15) is 0 Å². The molecule has 0 aliphatic carbocycles. The Morgan fingerprint density at radius 2 is 2.38 bits per heavy atom. The second-order valence-corrected chi connectivity index (χ2v) is 4.39. The molecule has 1 saturated heterocycles. The van der Waals surface area contributed by atoms with Crippen molar-refractivity contribution in [1.82, 2.24) is 10.2 Å². The van der Waals surface area contributed by atoms with Gasteiger partial charge < -0.3 is 10.1 Å². The first-order chi connectivity index (χ1) is 7.86. The zero-order valence-corrected chi connectivity index (χ0v) is 10.4. The lowest BCUT2D eigenvalue weighted by molar-refractivity contribution is 0.141. The number of nitrogens with zero attached hydrogens (tertiary/aromatic N) is 1. The molecule has 1 aliphatic heterocycles. The standard InChI is InChI=1S/C13H24N2O/c1-3-4-5-9-15(10-11-16-2)12-13-7-6-8-14-13/h1,13-14H,4-12H2,2H3. The summed E-state index contributed by atoms with van der Waals surface area (Å²) in [7, 11) is 1.76. The summed E-state index contributed by atoms with van der Waals surface area (Å²) in [6.07, 6.45) is 9.86. The van der Waals surface area contributed by atoms with Crippen molar-refractivity contribution in [2.24, 2.45) is 0 Å². The highest BCUT2D eigenvalue weighted by Gasteiger charge is 2.17. The van der Waals surface area contributed by atoms with Crippen LogP contribution in [0.4, 0.5) is 0 Å². The molecule has 1 fully saturated rings. The Balaban J connectivity index is 2.21. The maximum atomic E-state index is 5.27. The first-order valence-electron chi connectivity index (χ1n) is 6.25. The Labute approximate surface area is 99.5 Å². The first-order valence-corrected chi connectivity index (χ1v) is 6.25. The Kier molecular flexibility index (Phi) is 7.24. The van der Waals surface area contributed by atoms with Crippen LogP contribution in [-0.4, -0.2) is 50.8 Å². The third kappa shape index (κ3) is 5.50. The van der Waals surface area contributed by atoms with E-state index in [1.165, 1.54) is 19.4 Å². The van der Waals surface area contributed by atoms with E-state index in [0.717, 1.165) is 39.1 Å². The van der Waals surface area contributed by atoms with Crippen LogP contribution in [0.3, 0.4) is 0 Å². The highest BCUT2D eigenvalue weighted by Crippen LogP contribution is 2.07. The number of hydrogen-bond donors (Lipinski definition) is 1. The second kappa shape index (κ2) is 8.58. The number of terminal acetylenes is 1. The molecule has 1 heterocycles. The van der Waals surface area contributed by atoms with E-state index in [2.05, 4.69) is 16.1 Å². The average molecular weight is 224 g/mol. The number of ether oxygens (including phenoxy) is 1. The molecule has 1 aliphatic rings. The summed E-state index contributed by atoms with van der Waals surface area (Å²) < 4.78 is 5.14. The summed E-state index contributed by atoms with van der Waals surface area (Å²) >= 11 is 0. The highest BCUT2D eigenvalue weighted by atomic mass is 16.5. The van der Waals surface area contributed by atoms with Crippen LogP contribution in [0.25, 0.3) is 0 Å². The average Bonchev–Trinajstić information content (AvgIpc) is 2.78. The molecule has 0 radical (unpaired) electrons. The molecule has 0 bridgehead atoms. The minimum Gasteiger partial charge on any atom is -0.383 e. The molecule has 0 saturated carbocycles. The third-order valence-corrected chi connectivity index (χ3v) is 3.05. The van der Waals surface area contributed by atoms with E-state index in [1.807, 2.05) is 0 Å². The summed E-state index contributed by atoms with van der Waals surface area (Å²) in [5.41, 5.74) is 0. The molecule has 3 nitrogen and oxygen atoms in total. The van der Waals surface area contributed by atoms with E-state index >= 15 is 0 Å². The Morgan fingerprint density at radius 3 is 3.00 bits per heavy atom. The fourth-order valence-corrected chi connectivity index (χ4v) is 2.14. The fourth-order valence-electron chi connectivity index (χ4n) is 2.14. The zero-order chi connectivity index (χ0) is 11.6. The second-order valence-electron chi connectivity index (χ2n) is 4.39. The van der Waals surface area contributed by atoms with Crippen molar-refractivity contribution < 1.29 is 4.74 Å². The number of rotatable bonds is 8. The smallest absolute Gasteiger partial charge is 0.0589 e. The van der Waals surface area contributed by atoms with Crippen LogP contribution in [-0.2, 0) is 4.74 Å². The van der Waals surface area contributed by atoms with E-state index in [4.69, 9.17) is 11.2 Å². The van der Waals surface area contributed by atoms with Crippen LogP contribution >= 0.6 is 0 Å². The molecule has 3 heteroatoms. The summed E-state index contributed by atoms with van der Waals surface area (Å²) in [6.45, 7) is 5.22. The monoisotopic (exact) mass is 224 g/mol. The van der Waals surface area contributed by atoms with Gasteiger partial charge in [0.05, 0.1) is 6.61 Å². The topological polar surface area (TPSA) is 24.5 Å². The normalized spacial score (nSPS) is 20.2. The minimum atomic E-state index is 0.669. The van der Waals surface area contributed by atoms with Gasteiger partial charge in [0.25, 0.3) is 0 Å². The summed E-state index contributed by atoms with van der Waals surface area (Å²) in [6, 6.07) is 0.669. The molecular weight excluding hydrogens is 200 g/mol. The summed E-state index contributed by atoms with van der Waals surface area (Å²) in [5.74, 6) is 2.70. The molecule has 0 spiro atoms. The molecular formula is C13H24N2O. The molecule has 0 aromatic carbocycles.